The van der Waals surface area contributed by atoms with Gasteiger partial charge in [0.2, 0.25) is 0 Å². The summed E-state index contributed by atoms with van der Waals surface area (Å²) in [7, 11) is 3.74. The Kier molecular flexibility index (Phi) is 1.58. The van der Waals surface area contributed by atoms with Crippen molar-refractivity contribution < 1.29 is 0 Å². The summed E-state index contributed by atoms with van der Waals surface area (Å²) < 4.78 is 3.51. The molecule has 0 aliphatic rings. The predicted molar refractivity (Wildman–Crippen MR) is 49.8 cm³/mol. The van der Waals surface area contributed by atoms with E-state index in [0.29, 0.717) is 5.69 Å². The molecule has 68 valence electrons. The van der Waals surface area contributed by atoms with Crippen molar-refractivity contribution in [1.29, 1.82) is 0 Å². The molecule has 2 N–H and O–H groups in total. The van der Waals surface area contributed by atoms with Crippen molar-refractivity contribution in [2.45, 2.75) is 0 Å². The lowest BCUT2D eigenvalue weighted by atomic mass is 10.3. The Morgan fingerprint density at radius 2 is 2.00 bits per heavy atom. The fourth-order valence-corrected chi connectivity index (χ4v) is 1.37. The van der Waals surface area contributed by atoms with Crippen LogP contribution in [0.15, 0.2) is 18.5 Å². The summed E-state index contributed by atoms with van der Waals surface area (Å²) in [5.41, 5.74) is 8.32. The SMILES string of the molecule is Cn1nccc1-c1c(N)cnn1C. The first-order valence-corrected chi connectivity index (χ1v) is 3.96. The number of anilines is 1. The molecule has 0 aliphatic heterocycles. The first-order chi connectivity index (χ1) is 6.20. The maximum Gasteiger partial charge on any atom is 0.109 e. The van der Waals surface area contributed by atoms with Gasteiger partial charge in [-0.25, -0.2) is 0 Å². The van der Waals surface area contributed by atoms with E-state index in [9.17, 15) is 0 Å². The number of aromatic nitrogens is 4. The second-order valence-corrected chi connectivity index (χ2v) is 2.91. The number of nitrogen functional groups attached to an aromatic ring is 1. The first-order valence-electron chi connectivity index (χ1n) is 3.96. The molecule has 2 rings (SSSR count). The molecule has 2 aromatic rings. The molecular formula is C8H11N5. The number of nitrogens with two attached hydrogens (primary N) is 1. The molecule has 0 spiro atoms. The van der Waals surface area contributed by atoms with Crippen molar-refractivity contribution >= 4 is 5.69 Å². The number of aryl methyl sites for hydroxylation is 2. The van der Waals surface area contributed by atoms with Gasteiger partial charge in [0.25, 0.3) is 0 Å². The molecular weight excluding hydrogens is 166 g/mol. The van der Waals surface area contributed by atoms with Gasteiger partial charge in [0.1, 0.15) is 5.69 Å². The molecule has 0 radical (unpaired) electrons. The Labute approximate surface area is 75.8 Å². The Balaban J connectivity index is 2.64. The van der Waals surface area contributed by atoms with Gasteiger partial charge >= 0.3 is 0 Å². The Bertz CT molecular complexity index is 406. The lowest BCUT2D eigenvalue weighted by Gasteiger charge is -2.03. The number of nitrogens with zero attached hydrogens (tertiary/aromatic N) is 4. The highest BCUT2D eigenvalue weighted by atomic mass is 15.3. The fraction of sp³-hybridized carbons (Fsp3) is 0.250. The van der Waals surface area contributed by atoms with E-state index >= 15 is 0 Å². The molecule has 2 heterocycles. The van der Waals surface area contributed by atoms with Crippen molar-refractivity contribution in [3.8, 4) is 11.4 Å². The molecule has 5 nitrogen and oxygen atoms in total. The second kappa shape index (κ2) is 2.62. The van der Waals surface area contributed by atoms with Crippen LogP contribution in [0.25, 0.3) is 11.4 Å². The monoisotopic (exact) mass is 177 g/mol. The van der Waals surface area contributed by atoms with Crippen LogP contribution >= 0.6 is 0 Å². The third-order valence-corrected chi connectivity index (χ3v) is 2.03. The molecule has 0 saturated carbocycles. The quantitative estimate of drug-likeness (QED) is 0.686. The maximum atomic E-state index is 5.78. The summed E-state index contributed by atoms with van der Waals surface area (Å²) in [5.74, 6) is 0. The van der Waals surface area contributed by atoms with E-state index < -0.39 is 0 Å². The lowest BCUT2D eigenvalue weighted by Crippen LogP contribution is -2.01. The van der Waals surface area contributed by atoms with Crippen LogP contribution in [0, 0.1) is 0 Å². The maximum absolute atomic E-state index is 5.78. The van der Waals surface area contributed by atoms with Crippen LogP contribution in [0.3, 0.4) is 0 Å². The van der Waals surface area contributed by atoms with Gasteiger partial charge in [-0.1, -0.05) is 0 Å². The van der Waals surface area contributed by atoms with Crippen molar-refractivity contribution in [2.75, 3.05) is 5.73 Å². The molecule has 0 saturated heterocycles. The molecule has 0 aromatic carbocycles. The van der Waals surface area contributed by atoms with Gasteiger partial charge in [0.15, 0.2) is 0 Å². The predicted octanol–water partition coefficient (Wildman–Crippen LogP) is 0.403. The smallest absolute Gasteiger partial charge is 0.109 e. The van der Waals surface area contributed by atoms with Crippen LogP contribution in [0.2, 0.25) is 0 Å². The van der Waals surface area contributed by atoms with Gasteiger partial charge < -0.3 is 5.73 Å². The normalized spacial score (nSPS) is 10.6. The van der Waals surface area contributed by atoms with E-state index in [4.69, 9.17) is 5.73 Å². The molecule has 0 unspecified atom stereocenters. The fourth-order valence-electron chi connectivity index (χ4n) is 1.37. The minimum absolute atomic E-state index is 0.672. The number of hydrogen-bond acceptors (Lipinski definition) is 3. The van der Waals surface area contributed by atoms with Crippen LogP contribution in [0.1, 0.15) is 0 Å². The zero-order valence-corrected chi connectivity index (χ0v) is 7.60. The summed E-state index contributed by atoms with van der Waals surface area (Å²) in [6.07, 6.45) is 3.38. The largest absolute Gasteiger partial charge is 0.396 e. The summed E-state index contributed by atoms with van der Waals surface area (Å²) in [4.78, 5) is 0. The van der Waals surface area contributed by atoms with Crippen LogP contribution in [-0.2, 0) is 14.1 Å². The van der Waals surface area contributed by atoms with E-state index in [-0.39, 0.29) is 0 Å². The molecule has 0 fully saturated rings. The van der Waals surface area contributed by atoms with E-state index in [1.54, 1.807) is 21.8 Å². The second-order valence-electron chi connectivity index (χ2n) is 2.91. The van der Waals surface area contributed by atoms with Gasteiger partial charge in [0.05, 0.1) is 17.6 Å². The number of hydrogen-bond donors (Lipinski definition) is 1. The van der Waals surface area contributed by atoms with Gasteiger partial charge in [-0.2, -0.15) is 10.2 Å². The topological polar surface area (TPSA) is 61.7 Å². The van der Waals surface area contributed by atoms with Crippen molar-refractivity contribution in [3.63, 3.8) is 0 Å². The van der Waals surface area contributed by atoms with E-state index in [1.807, 2.05) is 20.2 Å². The molecule has 0 aliphatic carbocycles. The van der Waals surface area contributed by atoms with E-state index in [0.717, 1.165) is 11.4 Å². The molecule has 5 heteroatoms. The number of rotatable bonds is 1. The van der Waals surface area contributed by atoms with Crippen molar-refractivity contribution in [2.24, 2.45) is 14.1 Å². The minimum Gasteiger partial charge on any atom is -0.396 e. The van der Waals surface area contributed by atoms with Crippen LogP contribution < -0.4 is 5.73 Å². The zero-order valence-electron chi connectivity index (χ0n) is 7.60. The molecule has 0 bridgehead atoms. The highest BCUT2D eigenvalue weighted by molar-refractivity contribution is 5.69. The van der Waals surface area contributed by atoms with Crippen molar-refractivity contribution in [1.82, 2.24) is 19.6 Å². The third-order valence-electron chi connectivity index (χ3n) is 2.03. The molecule has 13 heavy (non-hydrogen) atoms. The summed E-state index contributed by atoms with van der Waals surface area (Å²) in [6.45, 7) is 0. The molecule has 0 amide bonds. The molecule has 0 atom stereocenters. The summed E-state index contributed by atoms with van der Waals surface area (Å²) >= 11 is 0. The van der Waals surface area contributed by atoms with Gasteiger partial charge in [-0.3, -0.25) is 9.36 Å². The Morgan fingerprint density at radius 1 is 1.23 bits per heavy atom. The average molecular weight is 177 g/mol. The van der Waals surface area contributed by atoms with Crippen LogP contribution in [-0.4, -0.2) is 19.6 Å². The van der Waals surface area contributed by atoms with Gasteiger partial charge in [-0.05, 0) is 6.07 Å². The average Bonchev–Trinajstić information content (AvgIpc) is 2.60. The minimum atomic E-state index is 0.672. The van der Waals surface area contributed by atoms with E-state index in [2.05, 4.69) is 10.2 Å². The van der Waals surface area contributed by atoms with Gasteiger partial charge in [-0.15, -0.1) is 0 Å². The van der Waals surface area contributed by atoms with Crippen LogP contribution in [0.5, 0.6) is 0 Å². The zero-order chi connectivity index (χ0) is 9.42. The van der Waals surface area contributed by atoms with Crippen molar-refractivity contribution in [3.05, 3.63) is 18.5 Å². The Hall–Kier alpha value is -1.78. The summed E-state index contributed by atoms with van der Waals surface area (Å²) in [6, 6.07) is 1.91. The molecule has 2 aromatic heterocycles. The van der Waals surface area contributed by atoms with Gasteiger partial charge in [0, 0.05) is 20.3 Å². The standard InChI is InChI=1S/C8H11N5/c1-12-7(3-4-10-12)8-6(9)5-11-13(8)2/h3-5H,9H2,1-2H3. The third kappa shape index (κ3) is 1.09. The summed E-state index contributed by atoms with van der Waals surface area (Å²) in [5, 5.41) is 8.14. The lowest BCUT2D eigenvalue weighted by molar-refractivity contribution is 0.738. The van der Waals surface area contributed by atoms with E-state index in [1.165, 1.54) is 0 Å². The highest BCUT2D eigenvalue weighted by Gasteiger charge is 2.10. The van der Waals surface area contributed by atoms with Crippen LogP contribution in [0.4, 0.5) is 5.69 Å². The highest BCUT2D eigenvalue weighted by Crippen LogP contribution is 2.23. The first kappa shape index (κ1) is 7.85. The Morgan fingerprint density at radius 3 is 2.46 bits per heavy atom.